The molecule has 9 nitrogen and oxygen atoms in total. The number of aromatic nitrogens is 2. The number of aryl methyl sites for hydroxylation is 1. The molecular formula is C31H40N4O5. The van der Waals surface area contributed by atoms with Gasteiger partial charge in [0.05, 0.1) is 37.4 Å². The van der Waals surface area contributed by atoms with Crippen LogP contribution >= 0.6 is 0 Å². The first-order valence-electron chi connectivity index (χ1n) is 13.7. The number of benzene rings is 2. The molecule has 3 aromatic rings. The van der Waals surface area contributed by atoms with Crippen molar-refractivity contribution in [3.8, 4) is 17.2 Å². The summed E-state index contributed by atoms with van der Waals surface area (Å²) in [7, 11) is 3.25. The quantitative estimate of drug-likeness (QED) is 0.411. The maximum Gasteiger partial charge on any atom is 0.410 e. The number of methoxy groups -OCH3 is 2. The zero-order valence-electron chi connectivity index (χ0n) is 24.3. The fourth-order valence-electron chi connectivity index (χ4n) is 4.96. The fraction of sp³-hybridized carbons (Fsp3) is 0.452. The number of nitrogens with one attached hydrogen (secondary N) is 1. The van der Waals surface area contributed by atoms with Crippen LogP contribution in [0.1, 0.15) is 66.7 Å². The van der Waals surface area contributed by atoms with E-state index in [9.17, 15) is 9.59 Å². The van der Waals surface area contributed by atoms with E-state index in [1.165, 1.54) is 0 Å². The van der Waals surface area contributed by atoms with Gasteiger partial charge in [-0.25, -0.2) is 9.48 Å². The smallest absolute Gasteiger partial charge is 0.410 e. The molecule has 0 unspecified atom stereocenters. The van der Waals surface area contributed by atoms with Crippen LogP contribution in [0.25, 0.3) is 5.69 Å². The Hall–Kier alpha value is -4.01. The van der Waals surface area contributed by atoms with E-state index in [0.717, 1.165) is 34.0 Å². The van der Waals surface area contributed by atoms with Crippen molar-refractivity contribution in [3.05, 3.63) is 71.0 Å². The molecule has 40 heavy (non-hydrogen) atoms. The fourth-order valence-corrected chi connectivity index (χ4v) is 4.96. The Morgan fingerprint density at radius 2 is 1.73 bits per heavy atom. The summed E-state index contributed by atoms with van der Waals surface area (Å²) in [6.45, 7) is 9.17. The van der Waals surface area contributed by atoms with Gasteiger partial charge in [0.15, 0.2) is 0 Å². The van der Waals surface area contributed by atoms with E-state index in [1.807, 2.05) is 74.8 Å². The average molecular weight is 549 g/mol. The summed E-state index contributed by atoms with van der Waals surface area (Å²) in [5.41, 5.74) is 3.87. The van der Waals surface area contributed by atoms with Crippen molar-refractivity contribution in [3.63, 3.8) is 0 Å². The first-order valence-corrected chi connectivity index (χ1v) is 13.7. The van der Waals surface area contributed by atoms with E-state index >= 15 is 0 Å². The zero-order chi connectivity index (χ0) is 28.9. The highest BCUT2D eigenvalue weighted by Gasteiger charge is 2.32. The Labute approximate surface area is 236 Å². The minimum absolute atomic E-state index is 0.0571. The Morgan fingerprint density at radius 1 is 1.02 bits per heavy atom. The molecule has 0 saturated carbocycles. The van der Waals surface area contributed by atoms with E-state index in [-0.39, 0.29) is 17.9 Å². The highest BCUT2D eigenvalue weighted by molar-refractivity contribution is 5.95. The van der Waals surface area contributed by atoms with E-state index in [0.29, 0.717) is 44.5 Å². The maximum absolute atomic E-state index is 13.5. The third-order valence-electron chi connectivity index (χ3n) is 7.03. The second kappa shape index (κ2) is 12.4. The first kappa shape index (κ1) is 29.0. The normalized spacial score (nSPS) is 14.1. The van der Waals surface area contributed by atoms with Crippen LogP contribution in [-0.2, 0) is 11.2 Å². The summed E-state index contributed by atoms with van der Waals surface area (Å²) in [6.07, 6.45) is 3.35. The van der Waals surface area contributed by atoms with Gasteiger partial charge in [0.1, 0.15) is 17.1 Å². The Bertz CT molecular complexity index is 1320. The number of hydrogen-bond donors (Lipinski definition) is 1. The molecule has 0 aliphatic carbocycles. The van der Waals surface area contributed by atoms with Crippen LogP contribution in [0.2, 0.25) is 0 Å². The lowest BCUT2D eigenvalue weighted by molar-refractivity contribution is 0.0203. The summed E-state index contributed by atoms with van der Waals surface area (Å²) in [5, 5.41) is 7.71. The van der Waals surface area contributed by atoms with E-state index in [1.54, 1.807) is 25.3 Å². The van der Waals surface area contributed by atoms with E-state index in [2.05, 4.69) is 10.4 Å². The van der Waals surface area contributed by atoms with Crippen LogP contribution in [0, 0.1) is 6.92 Å². The topological polar surface area (TPSA) is 94.9 Å². The van der Waals surface area contributed by atoms with Crippen LogP contribution in [0.4, 0.5) is 4.79 Å². The second-order valence-electron chi connectivity index (χ2n) is 11.1. The molecule has 9 heteroatoms. The highest BCUT2D eigenvalue weighted by Crippen LogP contribution is 2.33. The Kier molecular flexibility index (Phi) is 9.02. The number of nitrogens with zero attached hydrogens (tertiary/aromatic N) is 3. The highest BCUT2D eigenvalue weighted by atomic mass is 16.6. The molecule has 0 bridgehead atoms. The van der Waals surface area contributed by atoms with Crippen LogP contribution < -0.4 is 14.8 Å². The molecule has 2 amide bonds. The summed E-state index contributed by atoms with van der Waals surface area (Å²) >= 11 is 0. The number of likely N-dealkylation sites (tertiary alicyclic amines) is 1. The SMILES string of the molecule is COc1ccc(OC)c(CCNC(=O)c2cnn(-c3ccc(C)cc3)c2C2CCN(C(=O)OC(C)(C)C)CC2)c1. The average Bonchev–Trinajstić information content (AvgIpc) is 3.38. The molecule has 1 fully saturated rings. The summed E-state index contributed by atoms with van der Waals surface area (Å²) < 4.78 is 18.3. The predicted molar refractivity (Wildman–Crippen MR) is 154 cm³/mol. The monoisotopic (exact) mass is 548 g/mol. The van der Waals surface area contributed by atoms with Gasteiger partial charge in [-0.3, -0.25) is 4.79 Å². The molecule has 1 N–H and O–H groups in total. The van der Waals surface area contributed by atoms with Gasteiger partial charge in [-0.1, -0.05) is 17.7 Å². The number of carbonyl (C=O) groups excluding carboxylic acids is 2. The maximum atomic E-state index is 13.5. The number of hydrogen-bond acceptors (Lipinski definition) is 6. The van der Waals surface area contributed by atoms with Crippen LogP contribution in [-0.4, -0.2) is 66.1 Å². The van der Waals surface area contributed by atoms with Gasteiger partial charge >= 0.3 is 6.09 Å². The van der Waals surface area contributed by atoms with Crippen molar-refractivity contribution in [2.45, 2.75) is 58.5 Å². The number of rotatable bonds is 8. The van der Waals surface area contributed by atoms with E-state index in [4.69, 9.17) is 14.2 Å². The molecule has 4 rings (SSSR count). The van der Waals surface area contributed by atoms with Crippen molar-refractivity contribution in [2.24, 2.45) is 0 Å². The first-order chi connectivity index (χ1) is 19.1. The van der Waals surface area contributed by atoms with Crippen LogP contribution in [0.3, 0.4) is 0 Å². The van der Waals surface area contributed by atoms with Gasteiger partial charge in [0, 0.05) is 25.6 Å². The number of ether oxygens (including phenoxy) is 3. The van der Waals surface area contributed by atoms with Crippen molar-refractivity contribution in [2.75, 3.05) is 33.9 Å². The molecule has 0 atom stereocenters. The summed E-state index contributed by atoms with van der Waals surface area (Å²) in [5.74, 6) is 1.37. The predicted octanol–water partition coefficient (Wildman–Crippen LogP) is 5.28. The molecule has 1 aliphatic rings. The molecular weight excluding hydrogens is 508 g/mol. The standard InChI is InChI=1S/C31H40N4O5/c1-21-7-9-24(10-8-21)35-28(22-14-17-34(18-15-22)30(37)40-31(2,3)4)26(20-33-35)29(36)32-16-13-23-19-25(38-5)11-12-27(23)39-6/h7-12,19-20,22H,13-18H2,1-6H3,(H,32,36). The zero-order valence-corrected chi connectivity index (χ0v) is 24.3. The van der Waals surface area contributed by atoms with Crippen molar-refractivity contribution in [1.29, 1.82) is 0 Å². The largest absolute Gasteiger partial charge is 0.497 e. The molecule has 1 aromatic heterocycles. The van der Waals surface area contributed by atoms with Gasteiger partial charge < -0.3 is 24.4 Å². The molecule has 2 aromatic carbocycles. The third kappa shape index (κ3) is 6.94. The lowest BCUT2D eigenvalue weighted by atomic mass is 9.90. The Morgan fingerprint density at radius 3 is 2.35 bits per heavy atom. The van der Waals surface area contributed by atoms with Crippen LogP contribution in [0.5, 0.6) is 11.5 Å². The summed E-state index contributed by atoms with van der Waals surface area (Å²) in [4.78, 5) is 27.9. The third-order valence-corrected chi connectivity index (χ3v) is 7.03. The van der Waals surface area contributed by atoms with Crippen LogP contribution in [0.15, 0.2) is 48.7 Å². The van der Waals surface area contributed by atoms with Crippen molar-refractivity contribution >= 4 is 12.0 Å². The minimum atomic E-state index is -0.544. The second-order valence-corrected chi connectivity index (χ2v) is 11.1. The molecule has 0 radical (unpaired) electrons. The summed E-state index contributed by atoms with van der Waals surface area (Å²) in [6, 6.07) is 13.7. The van der Waals surface area contributed by atoms with Gasteiger partial charge in [-0.2, -0.15) is 5.10 Å². The van der Waals surface area contributed by atoms with E-state index < -0.39 is 5.60 Å². The van der Waals surface area contributed by atoms with Crippen molar-refractivity contribution in [1.82, 2.24) is 20.0 Å². The molecule has 2 heterocycles. The number of amides is 2. The molecule has 0 spiro atoms. The number of piperidine rings is 1. The minimum Gasteiger partial charge on any atom is -0.497 e. The van der Waals surface area contributed by atoms with Gasteiger partial charge in [-0.05, 0) is 82.9 Å². The van der Waals surface area contributed by atoms with Crippen molar-refractivity contribution < 1.29 is 23.8 Å². The molecule has 1 saturated heterocycles. The number of carbonyl (C=O) groups is 2. The lowest BCUT2D eigenvalue weighted by Crippen LogP contribution is -2.41. The molecule has 1 aliphatic heterocycles. The van der Waals surface area contributed by atoms with Gasteiger partial charge in [0.25, 0.3) is 5.91 Å². The van der Waals surface area contributed by atoms with Gasteiger partial charge in [-0.15, -0.1) is 0 Å². The lowest BCUT2D eigenvalue weighted by Gasteiger charge is -2.34. The van der Waals surface area contributed by atoms with Gasteiger partial charge in [0.2, 0.25) is 0 Å². The molecule has 214 valence electrons. The Balaban J connectivity index is 1.53.